The summed E-state index contributed by atoms with van der Waals surface area (Å²) in [4.78, 5) is 5.62. The number of aromatic nitrogens is 1. The number of nitrogens with zero attached hydrogens (tertiary/aromatic N) is 1. The van der Waals surface area contributed by atoms with Crippen LogP contribution >= 0.6 is 11.8 Å². The van der Waals surface area contributed by atoms with Crippen LogP contribution in [-0.2, 0) is 0 Å². The highest BCUT2D eigenvalue weighted by molar-refractivity contribution is 8.00. The molecule has 2 atom stereocenters. The average molecular weight is 226 g/mol. The minimum Gasteiger partial charge on any atom is -0.372 e. The first-order chi connectivity index (χ1) is 7.93. The first-order valence-corrected chi connectivity index (χ1v) is 6.27. The number of hydrogen-bond donors (Lipinski definition) is 1. The van der Waals surface area contributed by atoms with E-state index >= 15 is 0 Å². The highest BCUT2D eigenvalue weighted by Crippen LogP contribution is 2.53. The summed E-state index contributed by atoms with van der Waals surface area (Å²) >= 11 is 1.91. The van der Waals surface area contributed by atoms with Crippen molar-refractivity contribution in [2.24, 2.45) is 0 Å². The van der Waals surface area contributed by atoms with Gasteiger partial charge in [0.15, 0.2) is 0 Å². The fourth-order valence-corrected chi connectivity index (χ4v) is 3.94. The van der Waals surface area contributed by atoms with Gasteiger partial charge in [-0.05, 0) is 23.3 Å². The standard InChI is InChI=1S/C13H10N2S/c1-2-4-10-8(3-1)12-9-7-14-6-5-11(9)16-13(12)15-10/h1-7,12-13,15H. The van der Waals surface area contributed by atoms with E-state index in [1.54, 1.807) is 0 Å². The van der Waals surface area contributed by atoms with Crippen LogP contribution in [0.4, 0.5) is 5.69 Å². The molecule has 2 nitrogen and oxygen atoms in total. The van der Waals surface area contributed by atoms with Gasteiger partial charge in [0.05, 0.1) is 5.37 Å². The predicted octanol–water partition coefficient (Wildman–Crippen LogP) is 3.07. The van der Waals surface area contributed by atoms with Gasteiger partial charge in [-0.25, -0.2) is 0 Å². The molecule has 2 unspecified atom stereocenters. The summed E-state index contributed by atoms with van der Waals surface area (Å²) in [5.41, 5.74) is 4.06. The Labute approximate surface area is 98.1 Å². The molecule has 0 radical (unpaired) electrons. The number of pyridine rings is 1. The van der Waals surface area contributed by atoms with Crippen LogP contribution in [0, 0.1) is 0 Å². The second kappa shape index (κ2) is 3.01. The van der Waals surface area contributed by atoms with Crippen LogP contribution in [0.3, 0.4) is 0 Å². The number of anilines is 1. The number of hydrogen-bond acceptors (Lipinski definition) is 3. The van der Waals surface area contributed by atoms with Gasteiger partial charge in [-0.1, -0.05) is 30.0 Å². The fourth-order valence-electron chi connectivity index (χ4n) is 2.60. The van der Waals surface area contributed by atoms with Gasteiger partial charge in [0.1, 0.15) is 0 Å². The summed E-state index contributed by atoms with van der Waals surface area (Å²) in [6, 6.07) is 10.7. The monoisotopic (exact) mass is 226 g/mol. The molecule has 2 aliphatic rings. The minimum atomic E-state index is 0.455. The molecule has 0 aliphatic carbocycles. The number of fused-ring (bicyclic) bond motifs is 5. The Morgan fingerprint density at radius 1 is 1.12 bits per heavy atom. The van der Waals surface area contributed by atoms with E-state index in [9.17, 15) is 0 Å². The van der Waals surface area contributed by atoms with E-state index in [2.05, 4.69) is 40.6 Å². The normalized spacial score (nSPS) is 24.5. The lowest BCUT2D eigenvalue weighted by Crippen LogP contribution is -2.11. The maximum atomic E-state index is 4.25. The molecule has 0 spiro atoms. The zero-order valence-electron chi connectivity index (χ0n) is 8.55. The summed E-state index contributed by atoms with van der Waals surface area (Å²) in [6.07, 6.45) is 3.88. The van der Waals surface area contributed by atoms with Crippen LogP contribution in [0.25, 0.3) is 0 Å². The third-order valence-electron chi connectivity index (χ3n) is 3.30. The smallest absolute Gasteiger partial charge is 0.0880 e. The van der Waals surface area contributed by atoms with Crippen molar-refractivity contribution in [1.29, 1.82) is 0 Å². The maximum Gasteiger partial charge on any atom is 0.0880 e. The summed E-state index contributed by atoms with van der Waals surface area (Å²) in [7, 11) is 0. The predicted molar refractivity (Wildman–Crippen MR) is 65.8 cm³/mol. The fraction of sp³-hybridized carbons (Fsp3) is 0.154. The van der Waals surface area contributed by atoms with E-state index < -0.39 is 0 Å². The first kappa shape index (κ1) is 8.65. The summed E-state index contributed by atoms with van der Waals surface area (Å²) < 4.78 is 0. The van der Waals surface area contributed by atoms with E-state index in [4.69, 9.17) is 0 Å². The Morgan fingerprint density at radius 2 is 2.06 bits per heavy atom. The van der Waals surface area contributed by atoms with Crippen molar-refractivity contribution in [2.45, 2.75) is 16.2 Å². The third-order valence-corrected chi connectivity index (χ3v) is 4.57. The zero-order chi connectivity index (χ0) is 10.5. The van der Waals surface area contributed by atoms with Gasteiger partial charge in [-0.15, -0.1) is 0 Å². The van der Waals surface area contributed by atoms with Gasteiger partial charge < -0.3 is 5.32 Å². The minimum absolute atomic E-state index is 0.455. The number of nitrogens with one attached hydrogen (secondary N) is 1. The Hall–Kier alpha value is -1.48. The van der Waals surface area contributed by atoms with Crippen LogP contribution in [0.5, 0.6) is 0 Å². The van der Waals surface area contributed by atoms with E-state index in [-0.39, 0.29) is 0 Å². The van der Waals surface area contributed by atoms with Crippen molar-refractivity contribution in [2.75, 3.05) is 5.32 Å². The molecule has 0 fully saturated rings. The molecule has 3 heterocycles. The highest BCUT2D eigenvalue weighted by Gasteiger charge is 2.40. The molecule has 0 bridgehead atoms. The lowest BCUT2D eigenvalue weighted by atomic mass is 9.95. The molecule has 3 heteroatoms. The summed E-state index contributed by atoms with van der Waals surface area (Å²) in [5.74, 6) is 0.477. The molecule has 1 N–H and O–H groups in total. The van der Waals surface area contributed by atoms with Crippen LogP contribution in [0.1, 0.15) is 17.0 Å². The lowest BCUT2D eigenvalue weighted by Gasteiger charge is -2.08. The Bertz CT molecular complexity index is 518. The molecule has 1 aromatic heterocycles. The van der Waals surface area contributed by atoms with E-state index in [0.29, 0.717) is 11.3 Å². The maximum absolute atomic E-state index is 4.25. The first-order valence-electron chi connectivity index (χ1n) is 5.39. The van der Waals surface area contributed by atoms with Gasteiger partial charge in [0.2, 0.25) is 0 Å². The van der Waals surface area contributed by atoms with Crippen molar-refractivity contribution in [1.82, 2.24) is 4.98 Å². The van der Waals surface area contributed by atoms with E-state index in [1.165, 1.54) is 21.7 Å². The lowest BCUT2D eigenvalue weighted by molar-refractivity contribution is 0.861. The van der Waals surface area contributed by atoms with Gasteiger partial charge >= 0.3 is 0 Å². The van der Waals surface area contributed by atoms with Gasteiger partial charge in [0, 0.05) is 28.9 Å². The summed E-state index contributed by atoms with van der Waals surface area (Å²) in [5, 5.41) is 4.03. The Kier molecular flexibility index (Phi) is 1.63. The Morgan fingerprint density at radius 3 is 3.06 bits per heavy atom. The topological polar surface area (TPSA) is 24.9 Å². The SMILES string of the molecule is c1ccc2c(c1)NC1Sc3ccncc3C21. The molecule has 0 amide bonds. The molecule has 0 saturated carbocycles. The Balaban J connectivity index is 1.93. The second-order valence-electron chi connectivity index (χ2n) is 4.16. The number of rotatable bonds is 0. The second-order valence-corrected chi connectivity index (χ2v) is 5.34. The molecule has 16 heavy (non-hydrogen) atoms. The largest absolute Gasteiger partial charge is 0.372 e. The van der Waals surface area contributed by atoms with Crippen LogP contribution in [0.2, 0.25) is 0 Å². The molecule has 2 aromatic rings. The zero-order valence-corrected chi connectivity index (χ0v) is 9.37. The van der Waals surface area contributed by atoms with Crippen molar-refractivity contribution >= 4 is 17.4 Å². The third kappa shape index (κ3) is 1.01. The molecule has 4 rings (SSSR count). The van der Waals surface area contributed by atoms with Gasteiger partial charge in [0.25, 0.3) is 0 Å². The average Bonchev–Trinajstić information content (AvgIpc) is 2.83. The van der Waals surface area contributed by atoms with Crippen molar-refractivity contribution in [3.63, 3.8) is 0 Å². The quantitative estimate of drug-likeness (QED) is 0.747. The molecule has 78 valence electrons. The molecule has 0 saturated heterocycles. The van der Waals surface area contributed by atoms with Crippen LogP contribution in [0.15, 0.2) is 47.6 Å². The van der Waals surface area contributed by atoms with Gasteiger partial charge in [-0.3, -0.25) is 4.98 Å². The van der Waals surface area contributed by atoms with Gasteiger partial charge in [-0.2, -0.15) is 0 Å². The number of benzene rings is 1. The summed E-state index contributed by atoms with van der Waals surface area (Å²) in [6.45, 7) is 0. The van der Waals surface area contributed by atoms with E-state index in [0.717, 1.165) is 0 Å². The van der Waals surface area contributed by atoms with Crippen LogP contribution < -0.4 is 5.32 Å². The molecular weight excluding hydrogens is 216 g/mol. The number of thioether (sulfide) groups is 1. The molecular formula is C13H10N2S. The molecule has 2 aliphatic heterocycles. The highest BCUT2D eigenvalue weighted by atomic mass is 32.2. The van der Waals surface area contributed by atoms with Crippen molar-refractivity contribution < 1.29 is 0 Å². The van der Waals surface area contributed by atoms with E-state index in [1.807, 2.05) is 24.2 Å². The van der Waals surface area contributed by atoms with Crippen LogP contribution in [-0.4, -0.2) is 10.4 Å². The number of para-hydroxylation sites is 1. The van der Waals surface area contributed by atoms with Crippen molar-refractivity contribution in [3.8, 4) is 0 Å². The molecule has 1 aromatic carbocycles. The van der Waals surface area contributed by atoms with Crippen molar-refractivity contribution in [3.05, 3.63) is 53.9 Å².